The molecule has 1 heterocycles. The number of thiophene rings is 1. The third kappa shape index (κ3) is 1.42. The Kier molecular flexibility index (Phi) is 2.43. The van der Waals surface area contributed by atoms with Gasteiger partial charge in [-0.3, -0.25) is 0 Å². The molecule has 1 atom stereocenters. The molecule has 1 nitrogen and oxygen atoms in total. The molecule has 2 heteroatoms. The molecule has 90 valence electrons. The van der Waals surface area contributed by atoms with Crippen LogP contribution < -0.4 is 5.73 Å². The van der Waals surface area contributed by atoms with Crippen molar-refractivity contribution in [2.24, 2.45) is 5.92 Å². The van der Waals surface area contributed by atoms with E-state index in [4.69, 9.17) is 5.73 Å². The van der Waals surface area contributed by atoms with Crippen LogP contribution in [0.3, 0.4) is 0 Å². The molecule has 0 fully saturated rings. The number of nitrogens with two attached hydrogens (primary N) is 1. The number of nitrogen functional groups attached to an aromatic ring is 1. The summed E-state index contributed by atoms with van der Waals surface area (Å²) in [7, 11) is 0. The van der Waals surface area contributed by atoms with Gasteiger partial charge >= 0.3 is 0 Å². The largest absolute Gasteiger partial charge is 0.390 e. The maximum absolute atomic E-state index is 6.13. The average molecular weight is 237 g/mol. The summed E-state index contributed by atoms with van der Waals surface area (Å²) < 4.78 is 0. The van der Waals surface area contributed by atoms with Crippen molar-refractivity contribution in [3.8, 4) is 0 Å². The van der Waals surface area contributed by atoms with E-state index in [1.807, 2.05) is 11.3 Å². The highest BCUT2D eigenvalue weighted by Gasteiger charge is 2.44. The number of anilines is 1. The molecule has 1 aromatic rings. The molecule has 0 aromatic carbocycles. The van der Waals surface area contributed by atoms with Crippen LogP contribution in [0.25, 0.3) is 0 Å². The Hall–Kier alpha value is -0.500. The maximum Gasteiger partial charge on any atom is 0.0892 e. The van der Waals surface area contributed by atoms with Gasteiger partial charge in [-0.1, -0.05) is 34.6 Å². The molecular weight excluding hydrogens is 214 g/mol. The van der Waals surface area contributed by atoms with Crippen LogP contribution in [0.2, 0.25) is 0 Å². The first-order valence-electron chi connectivity index (χ1n) is 6.07. The van der Waals surface area contributed by atoms with Crippen molar-refractivity contribution >= 4 is 16.3 Å². The molecule has 0 spiro atoms. The van der Waals surface area contributed by atoms with E-state index in [1.165, 1.54) is 22.4 Å². The van der Waals surface area contributed by atoms with E-state index in [1.54, 1.807) is 0 Å². The lowest BCUT2D eigenvalue weighted by Crippen LogP contribution is -2.39. The zero-order valence-corrected chi connectivity index (χ0v) is 12.1. The summed E-state index contributed by atoms with van der Waals surface area (Å²) in [6, 6.07) is 0. The van der Waals surface area contributed by atoms with Crippen molar-refractivity contribution in [1.29, 1.82) is 0 Å². The summed E-state index contributed by atoms with van der Waals surface area (Å²) in [5.41, 5.74) is 9.53. The van der Waals surface area contributed by atoms with E-state index in [0.29, 0.717) is 5.92 Å². The van der Waals surface area contributed by atoms with Gasteiger partial charge in [-0.25, -0.2) is 0 Å². The molecule has 1 aliphatic carbocycles. The Bertz CT molecular complexity index is 426. The molecule has 1 aliphatic rings. The lowest BCUT2D eigenvalue weighted by molar-refractivity contribution is 0.238. The molecule has 0 amide bonds. The molecule has 2 rings (SSSR count). The van der Waals surface area contributed by atoms with Crippen LogP contribution in [0.5, 0.6) is 0 Å². The summed E-state index contributed by atoms with van der Waals surface area (Å²) in [4.78, 5) is 1.52. The van der Waals surface area contributed by atoms with Crippen LogP contribution in [0.15, 0.2) is 0 Å². The highest BCUT2D eigenvalue weighted by atomic mass is 32.1. The maximum atomic E-state index is 6.13. The van der Waals surface area contributed by atoms with Crippen LogP contribution >= 0.6 is 11.3 Å². The Balaban J connectivity index is 2.73. The molecule has 0 aliphatic heterocycles. The fourth-order valence-corrected chi connectivity index (χ4v) is 4.62. The normalized spacial score (nSPS) is 26.5. The molecule has 1 unspecified atom stereocenters. The van der Waals surface area contributed by atoms with E-state index in [-0.39, 0.29) is 10.8 Å². The van der Waals surface area contributed by atoms with Gasteiger partial charge in [-0.2, -0.15) is 0 Å². The molecule has 16 heavy (non-hydrogen) atoms. The fraction of sp³-hybridized carbons (Fsp3) is 0.714. The predicted octanol–water partition coefficient (Wildman–Crippen LogP) is 4.23. The third-order valence-electron chi connectivity index (χ3n) is 4.49. The highest BCUT2D eigenvalue weighted by molar-refractivity contribution is 7.16. The second-order valence-corrected chi connectivity index (χ2v) is 7.56. The SMILES string of the molecule is Cc1c(N)sc2c1C(C)(C)CC(C)C2(C)C. The van der Waals surface area contributed by atoms with Gasteiger partial charge in [0.15, 0.2) is 0 Å². The topological polar surface area (TPSA) is 26.0 Å². The van der Waals surface area contributed by atoms with Gasteiger partial charge in [0.05, 0.1) is 5.00 Å². The predicted molar refractivity (Wildman–Crippen MR) is 73.3 cm³/mol. The Morgan fingerprint density at radius 2 is 1.81 bits per heavy atom. The van der Waals surface area contributed by atoms with E-state index in [2.05, 4.69) is 41.5 Å². The molecule has 1 aromatic heterocycles. The smallest absolute Gasteiger partial charge is 0.0892 e. The van der Waals surface area contributed by atoms with Crippen molar-refractivity contribution in [2.45, 2.75) is 58.8 Å². The van der Waals surface area contributed by atoms with E-state index < -0.39 is 0 Å². The van der Waals surface area contributed by atoms with Crippen LogP contribution in [-0.2, 0) is 10.8 Å². The molecule has 0 bridgehead atoms. The minimum Gasteiger partial charge on any atom is -0.390 e. The monoisotopic (exact) mass is 237 g/mol. The molecule has 2 N–H and O–H groups in total. The first-order chi connectivity index (χ1) is 7.18. The number of fused-ring (bicyclic) bond motifs is 1. The Morgan fingerprint density at radius 1 is 1.25 bits per heavy atom. The lowest BCUT2D eigenvalue weighted by atomic mass is 9.61. The van der Waals surface area contributed by atoms with E-state index in [9.17, 15) is 0 Å². The fourth-order valence-electron chi connectivity index (χ4n) is 3.15. The van der Waals surface area contributed by atoms with E-state index >= 15 is 0 Å². The van der Waals surface area contributed by atoms with Crippen molar-refractivity contribution < 1.29 is 0 Å². The van der Waals surface area contributed by atoms with Crippen LogP contribution in [-0.4, -0.2) is 0 Å². The second kappa shape index (κ2) is 3.25. The molecule has 0 saturated heterocycles. The zero-order chi connectivity index (χ0) is 12.3. The summed E-state index contributed by atoms with van der Waals surface area (Å²) in [6.07, 6.45) is 1.25. The van der Waals surface area contributed by atoms with Gasteiger partial charge < -0.3 is 5.73 Å². The summed E-state index contributed by atoms with van der Waals surface area (Å²) in [5, 5.41) is 1.01. The van der Waals surface area contributed by atoms with Gasteiger partial charge in [0.1, 0.15) is 0 Å². The van der Waals surface area contributed by atoms with Gasteiger partial charge in [0.2, 0.25) is 0 Å². The Morgan fingerprint density at radius 3 is 2.38 bits per heavy atom. The van der Waals surface area contributed by atoms with Crippen LogP contribution in [0.4, 0.5) is 5.00 Å². The standard InChI is InChI=1S/C14H23NS/c1-8-7-13(3,4)10-9(2)12(15)16-11(10)14(8,5)6/h8H,7,15H2,1-6H3. The first-order valence-corrected chi connectivity index (χ1v) is 6.89. The number of hydrogen-bond donors (Lipinski definition) is 1. The third-order valence-corrected chi connectivity index (χ3v) is 5.95. The van der Waals surface area contributed by atoms with Crippen molar-refractivity contribution in [1.82, 2.24) is 0 Å². The van der Waals surface area contributed by atoms with Gasteiger partial charge in [-0.15, -0.1) is 11.3 Å². The molecular formula is C14H23NS. The van der Waals surface area contributed by atoms with Gasteiger partial charge in [0.25, 0.3) is 0 Å². The van der Waals surface area contributed by atoms with Gasteiger partial charge in [-0.05, 0) is 35.8 Å². The van der Waals surface area contributed by atoms with Crippen LogP contribution in [0.1, 0.15) is 57.0 Å². The highest BCUT2D eigenvalue weighted by Crippen LogP contribution is 2.54. The summed E-state index contributed by atoms with van der Waals surface area (Å²) in [5.74, 6) is 0.715. The zero-order valence-electron chi connectivity index (χ0n) is 11.3. The summed E-state index contributed by atoms with van der Waals surface area (Å²) in [6.45, 7) is 14.0. The quantitative estimate of drug-likeness (QED) is 0.718. The Labute approximate surface area is 103 Å². The number of hydrogen-bond acceptors (Lipinski definition) is 2. The van der Waals surface area contributed by atoms with Crippen molar-refractivity contribution in [3.63, 3.8) is 0 Å². The van der Waals surface area contributed by atoms with E-state index in [0.717, 1.165) is 5.00 Å². The number of rotatable bonds is 0. The minimum atomic E-state index is 0.276. The molecule has 0 saturated carbocycles. The van der Waals surface area contributed by atoms with Crippen molar-refractivity contribution in [2.75, 3.05) is 5.73 Å². The average Bonchev–Trinajstić information content (AvgIpc) is 2.42. The van der Waals surface area contributed by atoms with Crippen molar-refractivity contribution in [3.05, 3.63) is 16.0 Å². The molecule has 0 radical (unpaired) electrons. The van der Waals surface area contributed by atoms with Gasteiger partial charge in [0, 0.05) is 10.3 Å². The van der Waals surface area contributed by atoms with Crippen LogP contribution in [0, 0.1) is 12.8 Å². The first kappa shape index (κ1) is 12.0. The second-order valence-electron chi connectivity index (χ2n) is 6.51. The lowest BCUT2D eigenvalue weighted by Gasteiger charge is -2.44. The summed E-state index contributed by atoms with van der Waals surface area (Å²) >= 11 is 1.81. The minimum absolute atomic E-state index is 0.276.